The molecule has 2 amide bonds. The summed E-state index contributed by atoms with van der Waals surface area (Å²) in [6.07, 6.45) is 7.93. The molecule has 1 aromatic heterocycles. The van der Waals surface area contributed by atoms with Crippen LogP contribution in [0.2, 0.25) is 0 Å². The van der Waals surface area contributed by atoms with E-state index in [0.717, 1.165) is 64.4 Å². The van der Waals surface area contributed by atoms with Crippen molar-refractivity contribution in [1.82, 2.24) is 20.1 Å². The molecule has 1 atom stereocenters. The Hall–Kier alpha value is -1.66. The van der Waals surface area contributed by atoms with Gasteiger partial charge in [0.2, 0.25) is 0 Å². The Labute approximate surface area is 150 Å². The highest BCUT2D eigenvalue weighted by atomic mass is 16.5. The van der Waals surface area contributed by atoms with E-state index in [4.69, 9.17) is 4.74 Å². The Bertz CT molecular complexity index is 511. The topological polar surface area (TPSA) is 57.7 Å². The number of ether oxygens (including phenoxy) is 1. The van der Waals surface area contributed by atoms with Crippen molar-refractivity contribution in [3.8, 4) is 0 Å². The van der Waals surface area contributed by atoms with Crippen molar-refractivity contribution in [1.29, 1.82) is 0 Å². The first-order valence-electron chi connectivity index (χ1n) is 9.58. The highest BCUT2D eigenvalue weighted by Gasteiger charge is 2.21. The van der Waals surface area contributed by atoms with Crippen molar-refractivity contribution in [2.75, 3.05) is 39.3 Å². The van der Waals surface area contributed by atoms with Crippen LogP contribution in [0.15, 0.2) is 24.4 Å². The van der Waals surface area contributed by atoms with Gasteiger partial charge < -0.3 is 15.0 Å². The summed E-state index contributed by atoms with van der Waals surface area (Å²) in [7, 11) is 0. The normalized spacial score (nSPS) is 21.9. The van der Waals surface area contributed by atoms with Crippen LogP contribution in [0.5, 0.6) is 0 Å². The van der Waals surface area contributed by atoms with Crippen molar-refractivity contribution in [2.24, 2.45) is 0 Å². The number of aromatic nitrogens is 1. The SMILES string of the molecule is O=C(NCCCC1CCCCO1)N1CCN(Cc2ccccn2)CC1. The number of piperazine rings is 1. The van der Waals surface area contributed by atoms with Gasteiger partial charge in [-0.3, -0.25) is 9.88 Å². The molecule has 1 unspecified atom stereocenters. The van der Waals surface area contributed by atoms with E-state index in [2.05, 4.69) is 21.3 Å². The molecule has 25 heavy (non-hydrogen) atoms. The van der Waals surface area contributed by atoms with Gasteiger partial charge in [-0.25, -0.2) is 4.79 Å². The number of urea groups is 1. The fraction of sp³-hybridized carbons (Fsp3) is 0.684. The minimum atomic E-state index is 0.0713. The molecule has 2 saturated heterocycles. The summed E-state index contributed by atoms with van der Waals surface area (Å²) >= 11 is 0. The molecule has 2 aliphatic rings. The largest absolute Gasteiger partial charge is 0.378 e. The summed E-state index contributed by atoms with van der Waals surface area (Å²) < 4.78 is 5.73. The summed E-state index contributed by atoms with van der Waals surface area (Å²) in [6, 6.07) is 6.08. The molecule has 0 spiro atoms. The van der Waals surface area contributed by atoms with Gasteiger partial charge in [0.25, 0.3) is 0 Å². The van der Waals surface area contributed by atoms with Crippen LogP contribution >= 0.6 is 0 Å². The minimum absolute atomic E-state index is 0.0713. The lowest BCUT2D eigenvalue weighted by atomic mass is 10.0. The second-order valence-corrected chi connectivity index (χ2v) is 6.95. The highest BCUT2D eigenvalue weighted by molar-refractivity contribution is 5.74. The van der Waals surface area contributed by atoms with Gasteiger partial charge in [-0.2, -0.15) is 0 Å². The maximum Gasteiger partial charge on any atom is 0.317 e. The number of nitrogens with zero attached hydrogens (tertiary/aromatic N) is 3. The zero-order valence-corrected chi connectivity index (χ0v) is 15.0. The first-order valence-corrected chi connectivity index (χ1v) is 9.58. The number of carbonyl (C=O) groups is 1. The van der Waals surface area contributed by atoms with E-state index in [1.165, 1.54) is 19.3 Å². The van der Waals surface area contributed by atoms with Crippen LogP contribution in [0.3, 0.4) is 0 Å². The van der Waals surface area contributed by atoms with Crippen molar-refractivity contribution < 1.29 is 9.53 Å². The molecule has 0 aliphatic carbocycles. The standard InChI is InChI=1S/C19H30N4O2/c24-19(21-10-5-8-18-7-2-4-15-25-18)23-13-11-22(12-14-23)16-17-6-1-3-9-20-17/h1,3,6,9,18H,2,4-5,7-8,10-16H2,(H,21,24). The average Bonchev–Trinajstić information content (AvgIpc) is 2.67. The zero-order chi connectivity index (χ0) is 17.3. The van der Waals surface area contributed by atoms with Gasteiger partial charge in [-0.05, 0) is 44.2 Å². The molecule has 6 heteroatoms. The number of hydrogen-bond acceptors (Lipinski definition) is 4. The van der Waals surface area contributed by atoms with E-state index in [1.54, 1.807) is 0 Å². The van der Waals surface area contributed by atoms with E-state index < -0.39 is 0 Å². The number of carbonyl (C=O) groups excluding carboxylic acids is 1. The second-order valence-electron chi connectivity index (χ2n) is 6.95. The molecule has 0 bridgehead atoms. The smallest absolute Gasteiger partial charge is 0.317 e. The van der Waals surface area contributed by atoms with Gasteiger partial charge in [0, 0.05) is 52.1 Å². The number of nitrogens with one attached hydrogen (secondary N) is 1. The predicted molar refractivity (Wildman–Crippen MR) is 97.3 cm³/mol. The highest BCUT2D eigenvalue weighted by Crippen LogP contribution is 2.16. The van der Waals surface area contributed by atoms with Crippen LogP contribution in [-0.4, -0.2) is 66.2 Å². The summed E-state index contributed by atoms with van der Waals surface area (Å²) in [6.45, 7) is 5.87. The quantitative estimate of drug-likeness (QED) is 0.803. The van der Waals surface area contributed by atoms with Gasteiger partial charge in [0.1, 0.15) is 0 Å². The Morgan fingerprint density at radius 2 is 2.12 bits per heavy atom. The van der Waals surface area contributed by atoms with E-state index in [0.29, 0.717) is 6.10 Å². The third-order valence-electron chi connectivity index (χ3n) is 5.02. The molecule has 6 nitrogen and oxygen atoms in total. The van der Waals surface area contributed by atoms with E-state index in [9.17, 15) is 4.79 Å². The lowest BCUT2D eigenvalue weighted by Crippen LogP contribution is -2.51. The summed E-state index contributed by atoms with van der Waals surface area (Å²) in [5.41, 5.74) is 1.09. The van der Waals surface area contributed by atoms with Crippen LogP contribution < -0.4 is 5.32 Å². The third kappa shape index (κ3) is 5.97. The number of hydrogen-bond donors (Lipinski definition) is 1. The number of pyridine rings is 1. The molecule has 3 rings (SSSR count). The lowest BCUT2D eigenvalue weighted by Gasteiger charge is -2.34. The molecule has 2 aliphatic heterocycles. The summed E-state index contributed by atoms with van der Waals surface area (Å²) in [5, 5.41) is 3.06. The zero-order valence-electron chi connectivity index (χ0n) is 15.0. The van der Waals surface area contributed by atoms with Crippen LogP contribution in [0.4, 0.5) is 4.79 Å². The molecule has 1 N–H and O–H groups in total. The maximum atomic E-state index is 12.3. The van der Waals surface area contributed by atoms with Crippen molar-refractivity contribution >= 4 is 6.03 Å². The van der Waals surface area contributed by atoms with Crippen LogP contribution in [0, 0.1) is 0 Å². The van der Waals surface area contributed by atoms with Crippen LogP contribution in [-0.2, 0) is 11.3 Å². The molecule has 1 aromatic rings. The Kier molecular flexibility index (Phi) is 7.06. The number of amides is 2. The first kappa shape index (κ1) is 18.1. The Morgan fingerprint density at radius 1 is 1.24 bits per heavy atom. The molecule has 0 radical (unpaired) electrons. The molecule has 0 aromatic carbocycles. The van der Waals surface area contributed by atoms with E-state index in [-0.39, 0.29) is 6.03 Å². The first-order chi connectivity index (χ1) is 12.3. The summed E-state index contributed by atoms with van der Waals surface area (Å²) in [5.74, 6) is 0. The van der Waals surface area contributed by atoms with Gasteiger partial charge >= 0.3 is 6.03 Å². The second kappa shape index (κ2) is 9.73. The van der Waals surface area contributed by atoms with Crippen molar-refractivity contribution in [2.45, 2.75) is 44.8 Å². The fourth-order valence-corrected chi connectivity index (χ4v) is 3.50. The van der Waals surface area contributed by atoms with E-state index >= 15 is 0 Å². The number of rotatable bonds is 6. The van der Waals surface area contributed by atoms with Crippen LogP contribution in [0.1, 0.15) is 37.8 Å². The molecule has 138 valence electrons. The summed E-state index contributed by atoms with van der Waals surface area (Å²) in [4.78, 5) is 20.9. The predicted octanol–water partition coefficient (Wildman–Crippen LogP) is 2.26. The molecule has 0 saturated carbocycles. The fourth-order valence-electron chi connectivity index (χ4n) is 3.50. The van der Waals surface area contributed by atoms with Crippen LogP contribution in [0.25, 0.3) is 0 Å². The van der Waals surface area contributed by atoms with E-state index in [1.807, 2.05) is 23.2 Å². The monoisotopic (exact) mass is 346 g/mol. The molecular weight excluding hydrogens is 316 g/mol. The average molecular weight is 346 g/mol. The molecular formula is C19H30N4O2. The van der Waals surface area contributed by atoms with Gasteiger partial charge in [0.15, 0.2) is 0 Å². The molecule has 2 fully saturated rings. The minimum Gasteiger partial charge on any atom is -0.378 e. The third-order valence-corrected chi connectivity index (χ3v) is 5.02. The lowest BCUT2D eigenvalue weighted by molar-refractivity contribution is 0.0102. The molecule has 3 heterocycles. The van der Waals surface area contributed by atoms with Crippen molar-refractivity contribution in [3.63, 3.8) is 0 Å². The maximum absolute atomic E-state index is 12.3. The Morgan fingerprint density at radius 3 is 2.84 bits per heavy atom. The van der Waals surface area contributed by atoms with Gasteiger partial charge in [0.05, 0.1) is 11.8 Å². The van der Waals surface area contributed by atoms with Crippen molar-refractivity contribution in [3.05, 3.63) is 30.1 Å². The van der Waals surface area contributed by atoms with Gasteiger partial charge in [-0.1, -0.05) is 6.07 Å². The van der Waals surface area contributed by atoms with Gasteiger partial charge in [-0.15, -0.1) is 0 Å². The Balaban J connectivity index is 1.29.